The number of nitrogens with one attached hydrogen (secondary N) is 2. The number of para-hydroxylation sites is 1. The van der Waals surface area contributed by atoms with E-state index in [0.717, 1.165) is 5.69 Å². The van der Waals surface area contributed by atoms with Crippen LogP contribution in [0.4, 0.5) is 5.69 Å². The highest BCUT2D eigenvalue weighted by Gasteiger charge is 2.13. The fraction of sp³-hybridized carbons (Fsp3) is 0.143. The molecule has 0 aromatic heterocycles. The van der Waals surface area contributed by atoms with Gasteiger partial charge in [-0.1, -0.05) is 121 Å². The second-order valence-electron chi connectivity index (χ2n) is 11.0. The number of benzene rings is 3. The lowest BCUT2D eigenvalue weighted by molar-refractivity contribution is 0.948. The molecule has 1 heterocycles. The number of fused-ring (bicyclic) bond motifs is 3. The summed E-state index contributed by atoms with van der Waals surface area (Å²) in [5.41, 5.74) is 14.0. The van der Waals surface area contributed by atoms with Crippen LogP contribution < -0.4 is 10.6 Å². The number of hydrogen-bond acceptors (Lipinski definition) is 2. The van der Waals surface area contributed by atoms with Gasteiger partial charge in [0.05, 0.1) is 0 Å². The Labute approximate surface area is 264 Å². The summed E-state index contributed by atoms with van der Waals surface area (Å²) < 4.78 is 0. The molecular weight excluding hydrogens is 532 g/mol. The van der Waals surface area contributed by atoms with Crippen molar-refractivity contribution in [2.75, 3.05) is 5.32 Å². The van der Waals surface area contributed by atoms with E-state index >= 15 is 0 Å². The normalized spacial score (nSPS) is 17.0. The van der Waals surface area contributed by atoms with Gasteiger partial charge in [0.25, 0.3) is 0 Å². The quantitative estimate of drug-likeness (QED) is 0.285. The van der Waals surface area contributed by atoms with Crippen molar-refractivity contribution >= 4 is 11.8 Å². The Kier molecular flexibility index (Phi) is 12.0. The van der Waals surface area contributed by atoms with E-state index in [1.165, 1.54) is 68.5 Å². The van der Waals surface area contributed by atoms with E-state index < -0.39 is 0 Å². The van der Waals surface area contributed by atoms with Crippen molar-refractivity contribution in [1.29, 1.82) is 0 Å². The van der Waals surface area contributed by atoms with Gasteiger partial charge in [-0.2, -0.15) is 0 Å². The SMILES string of the molecule is C=CN/C=C/C=C\C=C/C1=C(C)CCC=C1.CC1=C/C=C/Nc2ccccc2-c2cc(-c3ccccc3C)c(C)cc2/C=C\1. The molecule has 0 atom stereocenters. The van der Waals surface area contributed by atoms with Gasteiger partial charge in [0.15, 0.2) is 0 Å². The van der Waals surface area contributed by atoms with Gasteiger partial charge in [0, 0.05) is 23.7 Å². The van der Waals surface area contributed by atoms with Crippen molar-refractivity contribution in [2.45, 2.75) is 40.5 Å². The van der Waals surface area contributed by atoms with Crippen LogP contribution in [0.15, 0.2) is 163 Å². The lowest BCUT2D eigenvalue weighted by Crippen LogP contribution is -1.95. The average Bonchev–Trinajstić information content (AvgIpc) is 3.06. The van der Waals surface area contributed by atoms with Crippen molar-refractivity contribution < 1.29 is 0 Å². The van der Waals surface area contributed by atoms with Gasteiger partial charge < -0.3 is 10.6 Å². The van der Waals surface area contributed by atoms with Crippen LogP contribution in [-0.4, -0.2) is 0 Å². The minimum Gasteiger partial charge on any atom is -0.368 e. The van der Waals surface area contributed by atoms with Crippen LogP contribution in [0.3, 0.4) is 0 Å². The standard InChI is InChI=1S/C27H25N.C15H19N/c1-19-9-8-16-28-27-13-7-6-12-24(27)26-18-25(21(3)17-22(26)15-14-19)23-11-5-4-10-20(23)2;1-3-16-13-9-5-4-6-11-15-12-8-7-10-14(15)2/h4-18,28H,1-3H3;3-6,8-9,11-13,16H,1,7,10H2,2H3/b15-14-,16-8+,19-9-;5-4-,11-6-,13-9+. The first kappa shape index (κ1) is 31.8. The molecule has 0 amide bonds. The second kappa shape index (κ2) is 16.5. The van der Waals surface area contributed by atoms with Gasteiger partial charge in [-0.05, 0) is 110 Å². The molecule has 0 fully saturated rings. The first-order chi connectivity index (χ1) is 21.5. The van der Waals surface area contributed by atoms with E-state index in [9.17, 15) is 0 Å². The smallest absolute Gasteiger partial charge is 0.0459 e. The van der Waals surface area contributed by atoms with Crippen LogP contribution in [0.25, 0.3) is 28.3 Å². The number of hydrogen-bond donors (Lipinski definition) is 2. The third kappa shape index (κ3) is 8.96. The average molecular weight is 577 g/mol. The minimum atomic E-state index is 1.11. The number of rotatable bonds is 6. The Morgan fingerprint density at radius 2 is 1.52 bits per heavy atom. The van der Waals surface area contributed by atoms with Gasteiger partial charge in [0.2, 0.25) is 0 Å². The molecule has 44 heavy (non-hydrogen) atoms. The maximum atomic E-state index is 3.55. The first-order valence-corrected chi connectivity index (χ1v) is 15.3. The molecule has 1 aliphatic carbocycles. The van der Waals surface area contributed by atoms with E-state index in [0.29, 0.717) is 0 Å². The summed E-state index contributed by atoms with van der Waals surface area (Å²) in [5.74, 6) is 0. The highest BCUT2D eigenvalue weighted by Crippen LogP contribution is 2.38. The molecule has 2 aliphatic rings. The van der Waals surface area contributed by atoms with E-state index in [1.807, 2.05) is 30.6 Å². The van der Waals surface area contributed by atoms with Crippen molar-refractivity contribution in [1.82, 2.24) is 5.32 Å². The van der Waals surface area contributed by atoms with Crippen LogP contribution in [0.2, 0.25) is 0 Å². The van der Waals surface area contributed by atoms with E-state index in [1.54, 1.807) is 6.20 Å². The topological polar surface area (TPSA) is 24.1 Å². The molecule has 0 radical (unpaired) electrons. The fourth-order valence-corrected chi connectivity index (χ4v) is 5.19. The molecule has 0 bridgehead atoms. The summed E-state index contributed by atoms with van der Waals surface area (Å²) in [6.45, 7) is 12.3. The number of aryl methyl sites for hydroxylation is 2. The fourth-order valence-electron chi connectivity index (χ4n) is 5.19. The molecule has 0 saturated heterocycles. The lowest BCUT2D eigenvalue weighted by Gasteiger charge is -2.17. The predicted molar refractivity (Wildman–Crippen MR) is 194 cm³/mol. The van der Waals surface area contributed by atoms with Crippen molar-refractivity contribution in [2.24, 2.45) is 0 Å². The van der Waals surface area contributed by atoms with Crippen LogP contribution >= 0.6 is 0 Å². The highest BCUT2D eigenvalue weighted by atomic mass is 14.8. The third-order valence-corrected chi connectivity index (χ3v) is 7.66. The summed E-state index contributed by atoms with van der Waals surface area (Å²) in [7, 11) is 0. The molecule has 3 aromatic carbocycles. The molecule has 1 aliphatic heterocycles. The summed E-state index contributed by atoms with van der Waals surface area (Å²) in [6, 6.07) is 21.8. The van der Waals surface area contributed by atoms with E-state index in [2.05, 4.69) is 154 Å². The molecule has 2 N–H and O–H groups in total. The Bertz CT molecular complexity index is 1700. The second-order valence-corrected chi connectivity index (χ2v) is 11.0. The predicted octanol–water partition coefficient (Wildman–Crippen LogP) is 11.5. The molecule has 3 aromatic rings. The summed E-state index contributed by atoms with van der Waals surface area (Å²) >= 11 is 0. The zero-order valence-corrected chi connectivity index (χ0v) is 26.5. The largest absolute Gasteiger partial charge is 0.368 e. The molecular formula is C42H44N2. The van der Waals surface area contributed by atoms with E-state index in [4.69, 9.17) is 0 Å². The molecule has 0 spiro atoms. The maximum absolute atomic E-state index is 3.55. The van der Waals surface area contributed by atoms with E-state index in [-0.39, 0.29) is 0 Å². The molecule has 0 saturated carbocycles. The maximum Gasteiger partial charge on any atom is 0.0459 e. The number of anilines is 1. The molecule has 2 nitrogen and oxygen atoms in total. The minimum absolute atomic E-state index is 1.11. The van der Waals surface area contributed by atoms with Crippen LogP contribution in [0, 0.1) is 13.8 Å². The summed E-state index contributed by atoms with van der Waals surface area (Å²) in [4.78, 5) is 0. The van der Waals surface area contributed by atoms with Gasteiger partial charge in [0.1, 0.15) is 0 Å². The van der Waals surface area contributed by atoms with Gasteiger partial charge >= 0.3 is 0 Å². The summed E-state index contributed by atoms with van der Waals surface area (Å²) in [5, 5.41) is 6.34. The highest BCUT2D eigenvalue weighted by molar-refractivity contribution is 5.89. The Morgan fingerprint density at radius 3 is 2.32 bits per heavy atom. The first-order valence-electron chi connectivity index (χ1n) is 15.3. The van der Waals surface area contributed by atoms with Gasteiger partial charge in [-0.3, -0.25) is 0 Å². The van der Waals surface area contributed by atoms with Crippen LogP contribution in [0.1, 0.15) is 43.4 Å². The Morgan fingerprint density at radius 1 is 0.750 bits per heavy atom. The Balaban J connectivity index is 0.000000236. The Hall–Kier alpha value is -5.08. The van der Waals surface area contributed by atoms with Crippen LogP contribution in [0.5, 0.6) is 0 Å². The molecule has 222 valence electrons. The lowest BCUT2D eigenvalue weighted by atomic mass is 9.89. The zero-order valence-electron chi connectivity index (χ0n) is 26.5. The van der Waals surface area contributed by atoms with Gasteiger partial charge in [-0.15, -0.1) is 0 Å². The molecule has 2 heteroatoms. The van der Waals surface area contributed by atoms with Crippen molar-refractivity contribution in [3.05, 3.63) is 180 Å². The summed E-state index contributed by atoms with van der Waals surface area (Å²) in [6.07, 6.45) is 31.0. The van der Waals surface area contributed by atoms with Crippen molar-refractivity contribution in [3.8, 4) is 22.3 Å². The monoisotopic (exact) mass is 576 g/mol. The molecule has 5 rings (SSSR count). The number of allylic oxidation sites excluding steroid dienone is 13. The zero-order chi connectivity index (χ0) is 31.1. The molecule has 0 unspecified atom stereocenters. The van der Waals surface area contributed by atoms with Crippen LogP contribution in [-0.2, 0) is 0 Å². The third-order valence-electron chi connectivity index (χ3n) is 7.66. The van der Waals surface area contributed by atoms with Crippen molar-refractivity contribution in [3.63, 3.8) is 0 Å². The van der Waals surface area contributed by atoms with Gasteiger partial charge in [-0.25, -0.2) is 0 Å².